The number of ether oxygens (including phenoxy) is 1. The lowest BCUT2D eigenvalue weighted by Gasteiger charge is -2.33. The van der Waals surface area contributed by atoms with Gasteiger partial charge in [-0.3, -0.25) is 14.7 Å². The highest BCUT2D eigenvalue weighted by molar-refractivity contribution is 6.30. The van der Waals surface area contributed by atoms with Gasteiger partial charge in [0, 0.05) is 24.8 Å². The molecule has 1 saturated carbocycles. The van der Waals surface area contributed by atoms with Crippen LogP contribution >= 0.6 is 11.6 Å². The van der Waals surface area contributed by atoms with E-state index < -0.39 is 16.9 Å². The molecule has 198 valence electrons. The molecule has 3 aromatic rings. The van der Waals surface area contributed by atoms with Crippen LogP contribution in [0.15, 0.2) is 41.2 Å². The number of rotatable bonds is 4. The minimum Gasteiger partial charge on any atom is -0.381 e. The molecule has 5 rings (SSSR count). The molecule has 7 nitrogen and oxygen atoms in total. The van der Waals surface area contributed by atoms with Crippen LogP contribution in [0.1, 0.15) is 78.5 Å². The van der Waals surface area contributed by atoms with Crippen molar-refractivity contribution in [3.8, 4) is 11.8 Å². The molecule has 2 heterocycles. The number of hydrogen-bond acceptors (Lipinski definition) is 5. The summed E-state index contributed by atoms with van der Waals surface area (Å²) < 4.78 is 5.54. The first-order valence-electron chi connectivity index (χ1n) is 13.3. The van der Waals surface area contributed by atoms with Crippen molar-refractivity contribution in [1.29, 1.82) is 0 Å². The Morgan fingerprint density at radius 3 is 2.71 bits per heavy atom. The highest BCUT2D eigenvalue weighted by Crippen LogP contribution is 2.34. The Labute approximate surface area is 226 Å². The predicted molar refractivity (Wildman–Crippen MR) is 147 cm³/mol. The summed E-state index contributed by atoms with van der Waals surface area (Å²) in [6.45, 7) is 3.59. The molecular weight excluding hydrogens is 502 g/mol. The predicted octanol–water partition coefficient (Wildman–Crippen LogP) is 4.69. The van der Waals surface area contributed by atoms with Gasteiger partial charge in [0.2, 0.25) is 5.43 Å². The quantitative estimate of drug-likeness (QED) is 0.422. The molecule has 1 aliphatic carbocycles. The molecular formula is C30H32ClN3O4. The van der Waals surface area contributed by atoms with E-state index in [1.807, 2.05) is 31.2 Å². The molecule has 2 aliphatic rings. The van der Waals surface area contributed by atoms with Crippen LogP contribution in [0.3, 0.4) is 0 Å². The molecule has 2 atom stereocenters. The second-order valence-corrected chi connectivity index (χ2v) is 10.8. The third-order valence-electron chi connectivity index (χ3n) is 7.85. The van der Waals surface area contributed by atoms with Crippen molar-refractivity contribution in [3.05, 3.63) is 74.0 Å². The van der Waals surface area contributed by atoms with Gasteiger partial charge in [0.1, 0.15) is 5.60 Å². The number of carbonyl (C=O) groups excluding carboxylic acids is 1. The van der Waals surface area contributed by atoms with E-state index in [2.05, 4.69) is 27.4 Å². The maximum absolute atomic E-state index is 13.6. The van der Waals surface area contributed by atoms with Gasteiger partial charge in [-0.05, 0) is 79.3 Å². The van der Waals surface area contributed by atoms with Gasteiger partial charge in [0.25, 0.3) is 5.91 Å². The summed E-state index contributed by atoms with van der Waals surface area (Å²) in [5.41, 5.74) is 1.21. The number of halogens is 1. The number of hydrogen-bond donors (Lipinski definition) is 3. The monoisotopic (exact) mass is 533 g/mol. The Hall–Kier alpha value is -3.18. The van der Waals surface area contributed by atoms with Crippen molar-refractivity contribution < 1.29 is 14.6 Å². The average molecular weight is 534 g/mol. The number of carbonyl (C=O) groups is 1. The SMILES string of the molecule is CC1CCCCC1(O)C#Cc1cc(C2CCOCC2)cc2c(=O)c(C(=O)NCc3ccc(Cl)cc3)n[nH]c12. The van der Waals surface area contributed by atoms with E-state index in [0.717, 1.165) is 43.2 Å². The van der Waals surface area contributed by atoms with Crippen molar-refractivity contribution in [2.75, 3.05) is 13.2 Å². The van der Waals surface area contributed by atoms with Gasteiger partial charge in [-0.25, -0.2) is 0 Å². The molecule has 3 N–H and O–H groups in total. The number of aromatic amines is 1. The third-order valence-corrected chi connectivity index (χ3v) is 8.10. The summed E-state index contributed by atoms with van der Waals surface area (Å²) >= 11 is 5.94. The number of H-pyrrole nitrogens is 1. The normalized spacial score (nSPS) is 22.0. The number of aromatic nitrogens is 2. The molecule has 2 unspecified atom stereocenters. The third kappa shape index (κ3) is 5.63. The molecule has 0 radical (unpaired) electrons. The molecule has 2 aromatic carbocycles. The van der Waals surface area contributed by atoms with E-state index in [4.69, 9.17) is 16.3 Å². The molecule has 0 bridgehead atoms. The minimum atomic E-state index is -1.06. The van der Waals surface area contributed by atoms with Crippen molar-refractivity contribution in [1.82, 2.24) is 15.5 Å². The molecule has 2 fully saturated rings. The topological polar surface area (TPSA) is 104 Å². The van der Waals surface area contributed by atoms with E-state index in [9.17, 15) is 14.7 Å². The molecule has 1 saturated heterocycles. The van der Waals surface area contributed by atoms with Gasteiger partial charge in [-0.2, -0.15) is 5.10 Å². The standard InChI is InChI=1S/C30H32ClN3O4/c1-19-4-2-3-12-30(19,37)13-9-22-16-23(21-10-14-38-15-11-21)17-25-26(22)33-34-27(28(25)35)29(36)32-18-20-5-7-24(31)8-6-20/h5-8,16-17,19,21,37H,2-4,10-12,14-15,18H2,1H3,(H,32,36)(H,33,35). The summed E-state index contributed by atoms with van der Waals surface area (Å²) in [7, 11) is 0. The highest BCUT2D eigenvalue weighted by Gasteiger charge is 2.34. The van der Waals surface area contributed by atoms with Gasteiger partial charge in [0.05, 0.1) is 16.5 Å². The number of nitrogens with zero attached hydrogens (tertiary/aromatic N) is 1. The fourth-order valence-corrected chi connectivity index (χ4v) is 5.46. The lowest BCUT2D eigenvalue weighted by molar-refractivity contribution is 0.0126. The molecule has 1 amide bonds. The van der Waals surface area contributed by atoms with E-state index in [1.54, 1.807) is 12.1 Å². The van der Waals surface area contributed by atoms with Crippen molar-refractivity contribution in [3.63, 3.8) is 0 Å². The molecule has 8 heteroatoms. The van der Waals surface area contributed by atoms with Crippen LogP contribution in [0.2, 0.25) is 5.02 Å². The molecule has 38 heavy (non-hydrogen) atoms. The summed E-state index contributed by atoms with van der Waals surface area (Å²) in [5, 5.41) is 22.0. The van der Waals surface area contributed by atoms with Gasteiger partial charge >= 0.3 is 0 Å². The second kappa shape index (κ2) is 11.3. The van der Waals surface area contributed by atoms with E-state index in [0.29, 0.717) is 41.1 Å². The number of fused-ring (bicyclic) bond motifs is 1. The average Bonchev–Trinajstić information content (AvgIpc) is 2.94. The summed E-state index contributed by atoms with van der Waals surface area (Å²) in [4.78, 5) is 26.5. The van der Waals surface area contributed by atoms with Crippen LogP contribution < -0.4 is 10.7 Å². The zero-order valence-corrected chi connectivity index (χ0v) is 22.2. The Kier molecular flexibility index (Phi) is 7.85. The fourth-order valence-electron chi connectivity index (χ4n) is 5.33. The van der Waals surface area contributed by atoms with Crippen LogP contribution in [-0.2, 0) is 11.3 Å². The maximum Gasteiger partial charge on any atom is 0.276 e. The maximum atomic E-state index is 13.6. The highest BCUT2D eigenvalue weighted by atomic mass is 35.5. The number of aliphatic hydroxyl groups is 1. The first-order chi connectivity index (χ1) is 18.3. The fraction of sp³-hybridized carbons (Fsp3) is 0.433. The Bertz CT molecular complexity index is 1450. The zero-order valence-electron chi connectivity index (χ0n) is 21.5. The Balaban J connectivity index is 1.52. The lowest BCUT2D eigenvalue weighted by Crippen LogP contribution is -2.37. The van der Waals surface area contributed by atoms with Crippen LogP contribution in [0.4, 0.5) is 0 Å². The summed E-state index contributed by atoms with van der Waals surface area (Å²) in [6.07, 6.45) is 5.28. The smallest absolute Gasteiger partial charge is 0.276 e. The summed E-state index contributed by atoms with van der Waals surface area (Å²) in [6, 6.07) is 11.0. The van der Waals surface area contributed by atoms with Crippen molar-refractivity contribution in [2.24, 2.45) is 5.92 Å². The van der Waals surface area contributed by atoms with Gasteiger partial charge in [-0.1, -0.05) is 48.9 Å². The van der Waals surface area contributed by atoms with Crippen LogP contribution in [0, 0.1) is 17.8 Å². The Morgan fingerprint density at radius 1 is 1.21 bits per heavy atom. The van der Waals surface area contributed by atoms with E-state index >= 15 is 0 Å². The second-order valence-electron chi connectivity index (χ2n) is 10.4. The molecule has 1 aromatic heterocycles. The first kappa shape index (κ1) is 26.4. The lowest BCUT2D eigenvalue weighted by atomic mass is 9.77. The van der Waals surface area contributed by atoms with Gasteiger partial charge < -0.3 is 15.2 Å². The van der Waals surface area contributed by atoms with Gasteiger partial charge in [-0.15, -0.1) is 0 Å². The van der Waals surface area contributed by atoms with Crippen LogP contribution in [0.25, 0.3) is 10.9 Å². The number of amides is 1. The van der Waals surface area contributed by atoms with Crippen molar-refractivity contribution in [2.45, 2.75) is 63.5 Å². The van der Waals surface area contributed by atoms with Crippen LogP contribution in [-0.4, -0.2) is 40.0 Å². The largest absolute Gasteiger partial charge is 0.381 e. The first-order valence-corrected chi connectivity index (χ1v) is 13.6. The van der Waals surface area contributed by atoms with E-state index in [1.165, 1.54) is 0 Å². The number of nitrogens with one attached hydrogen (secondary N) is 2. The zero-order chi connectivity index (χ0) is 26.7. The Morgan fingerprint density at radius 2 is 1.97 bits per heavy atom. The van der Waals surface area contributed by atoms with Crippen molar-refractivity contribution >= 4 is 28.4 Å². The minimum absolute atomic E-state index is 0.0711. The van der Waals surface area contributed by atoms with Crippen LogP contribution in [0.5, 0.6) is 0 Å². The van der Waals surface area contributed by atoms with Gasteiger partial charge in [0.15, 0.2) is 5.69 Å². The molecule has 1 aliphatic heterocycles. The van der Waals surface area contributed by atoms with E-state index in [-0.39, 0.29) is 24.1 Å². The molecule has 0 spiro atoms. The number of benzene rings is 2. The summed E-state index contributed by atoms with van der Waals surface area (Å²) in [5.74, 6) is 6.05.